The van der Waals surface area contributed by atoms with Crippen molar-refractivity contribution in [1.29, 1.82) is 0 Å². The first-order valence-electron chi connectivity index (χ1n) is 27.1. The Morgan fingerprint density at radius 1 is 0.282 bits per heavy atom. The second-order valence-corrected chi connectivity index (χ2v) is 22.6. The summed E-state index contributed by atoms with van der Waals surface area (Å²) in [6.07, 6.45) is 0. The van der Waals surface area contributed by atoms with E-state index < -0.39 is 0 Å². The fourth-order valence-electron chi connectivity index (χ4n) is 13.4. The van der Waals surface area contributed by atoms with Gasteiger partial charge in [0.25, 0.3) is 0 Å². The van der Waals surface area contributed by atoms with Gasteiger partial charge in [0, 0.05) is 59.5 Å². The summed E-state index contributed by atoms with van der Waals surface area (Å²) in [5.41, 5.74) is 16.6. The number of fused-ring (bicyclic) bond motifs is 21. The Balaban J connectivity index is 1.05. The van der Waals surface area contributed by atoms with Gasteiger partial charge in [-0.1, -0.05) is 202 Å². The molecule has 14 aromatic rings. The van der Waals surface area contributed by atoms with Crippen molar-refractivity contribution in [1.82, 2.24) is 0 Å². The minimum Gasteiger partial charge on any atom is -0.310 e. The van der Waals surface area contributed by atoms with Crippen LogP contribution in [0.25, 0.3) is 107 Å². The Kier molecular flexibility index (Phi) is 9.89. The Hall–Kier alpha value is -9.54. The van der Waals surface area contributed by atoms with Crippen LogP contribution in [0.3, 0.4) is 0 Å². The molecule has 13 aromatic carbocycles. The molecule has 0 N–H and O–H groups in total. The summed E-state index contributed by atoms with van der Waals surface area (Å²) < 4.78 is 2.58. The van der Waals surface area contributed by atoms with Gasteiger partial charge in [-0.05, 0) is 166 Å². The largest absolute Gasteiger partial charge is 0.310 e. The molecule has 1 aliphatic carbocycles. The maximum absolute atomic E-state index is 2.53. The highest BCUT2D eigenvalue weighted by molar-refractivity contribution is 7.25. The third kappa shape index (κ3) is 6.68. The molecule has 0 saturated heterocycles. The van der Waals surface area contributed by atoms with Crippen LogP contribution in [0.15, 0.2) is 267 Å². The van der Waals surface area contributed by atoms with Gasteiger partial charge in [0.05, 0.1) is 11.4 Å². The number of anilines is 6. The zero-order chi connectivity index (χ0) is 51.6. The van der Waals surface area contributed by atoms with Crippen molar-refractivity contribution in [2.24, 2.45) is 0 Å². The summed E-state index contributed by atoms with van der Waals surface area (Å²) in [7, 11) is 0. The molecular formula is C75H50N2S. The molecule has 3 heteroatoms. The molecule has 2 nitrogen and oxygen atoms in total. The fraction of sp³-hybridized carbons (Fsp3) is 0.0400. The van der Waals surface area contributed by atoms with Crippen molar-refractivity contribution in [3.05, 3.63) is 278 Å². The van der Waals surface area contributed by atoms with Gasteiger partial charge in [-0.25, -0.2) is 0 Å². The van der Waals surface area contributed by atoms with Crippen molar-refractivity contribution < 1.29 is 0 Å². The van der Waals surface area contributed by atoms with Crippen LogP contribution < -0.4 is 9.80 Å². The van der Waals surface area contributed by atoms with Crippen LogP contribution in [-0.2, 0) is 5.41 Å². The highest BCUT2D eigenvalue weighted by atomic mass is 32.1. The molecule has 366 valence electrons. The molecule has 1 aromatic heterocycles. The number of para-hydroxylation sites is 2. The van der Waals surface area contributed by atoms with Crippen LogP contribution in [0.2, 0.25) is 0 Å². The Labute approximate surface area is 457 Å². The maximum atomic E-state index is 2.53. The van der Waals surface area contributed by atoms with Crippen LogP contribution in [0.4, 0.5) is 34.1 Å². The lowest BCUT2D eigenvalue weighted by atomic mass is 9.82. The quantitative estimate of drug-likeness (QED) is 0.173. The molecule has 16 rings (SSSR count). The molecule has 0 atom stereocenters. The number of thiophene rings is 1. The van der Waals surface area contributed by atoms with Crippen LogP contribution in [0.5, 0.6) is 0 Å². The summed E-state index contributed by atoms with van der Waals surface area (Å²) in [4.78, 5) is 4.98. The van der Waals surface area contributed by atoms with Gasteiger partial charge in [0.2, 0.25) is 0 Å². The minimum absolute atomic E-state index is 0.202. The molecular weight excluding hydrogens is 961 g/mol. The van der Waals surface area contributed by atoms with Gasteiger partial charge in [-0.15, -0.1) is 11.3 Å². The number of hydrogen-bond acceptors (Lipinski definition) is 3. The van der Waals surface area contributed by atoms with E-state index in [2.05, 4.69) is 291 Å². The Morgan fingerprint density at radius 2 is 0.744 bits per heavy atom. The van der Waals surface area contributed by atoms with Crippen LogP contribution >= 0.6 is 11.3 Å². The first-order chi connectivity index (χ1) is 38.5. The molecule has 78 heavy (non-hydrogen) atoms. The smallest absolute Gasteiger partial charge is 0.0542 e. The van der Waals surface area contributed by atoms with E-state index in [-0.39, 0.29) is 5.41 Å². The van der Waals surface area contributed by atoms with Crippen molar-refractivity contribution in [2.45, 2.75) is 19.3 Å². The lowest BCUT2D eigenvalue weighted by Crippen LogP contribution is -2.17. The Bertz CT molecular complexity index is 4910. The van der Waals surface area contributed by atoms with Crippen LogP contribution in [0.1, 0.15) is 25.0 Å². The number of rotatable bonds is 4. The molecule has 0 spiro atoms. The number of hydrogen-bond donors (Lipinski definition) is 0. The van der Waals surface area contributed by atoms with Gasteiger partial charge in [0.15, 0.2) is 0 Å². The summed E-state index contributed by atoms with van der Waals surface area (Å²) in [6.45, 7) is 4.77. The highest BCUT2D eigenvalue weighted by Gasteiger charge is 2.36. The zero-order valence-electron chi connectivity index (χ0n) is 43.2. The number of nitrogens with zero attached hydrogens (tertiary/aromatic N) is 2. The third-order valence-electron chi connectivity index (χ3n) is 17.0. The first-order valence-corrected chi connectivity index (χ1v) is 27.9. The normalized spacial score (nSPS) is 13.1. The highest BCUT2D eigenvalue weighted by Crippen LogP contribution is 2.55. The molecule has 0 unspecified atom stereocenters. The first kappa shape index (κ1) is 44.7. The second kappa shape index (κ2) is 17.2. The lowest BCUT2D eigenvalue weighted by molar-refractivity contribution is 0.660. The predicted molar refractivity (Wildman–Crippen MR) is 336 cm³/mol. The maximum Gasteiger partial charge on any atom is 0.0542 e. The van der Waals surface area contributed by atoms with Gasteiger partial charge < -0.3 is 9.80 Å². The lowest BCUT2D eigenvalue weighted by Gasteiger charge is -2.31. The number of benzene rings is 12. The zero-order valence-corrected chi connectivity index (χ0v) is 44.0. The van der Waals surface area contributed by atoms with E-state index in [4.69, 9.17) is 0 Å². The van der Waals surface area contributed by atoms with E-state index in [1.165, 1.54) is 119 Å². The average molecular weight is 1010 g/mol. The topological polar surface area (TPSA) is 6.48 Å². The monoisotopic (exact) mass is 1010 g/mol. The Morgan fingerprint density at radius 3 is 1.45 bits per heavy atom. The third-order valence-corrected chi connectivity index (χ3v) is 18.1. The van der Waals surface area contributed by atoms with Crippen molar-refractivity contribution in [3.8, 4) is 33.4 Å². The van der Waals surface area contributed by atoms with E-state index in [0.29, 0.717) is 0 Å². The van der Waals surface area contributed by atoms with E-state index >= 15 is 0 Å². The molecule has 2 aliphatic rings. The summed E-state index contributed by atoms with van der Waals surface area (Å²) in [6, 6.07) is 100. The molecule has 0 fully saturated rings. The van der Waals surface area contributed by atoms with E-state index in [1.807, 2.05) is 11.3 Å². The van der Waals surface area contributed by atoms with Crippen molar-refractivity contribution in [3.63, 3.8) is 0 Å². The van der Waals surface area contributed by atoms with Crippen LogP contribution in [0, 0.1) is 0 Å². The summed E-state index contributed by atoms with van der Waals surface area (Å²) >= 11 is 1.88. The van der Waals surface area contributed by atoms with E-state index in [1.54, 1.807) is 0 Å². The molecule has 0 amide bonds. The summed E-state index contributed by atoms with van der Waals surface area (Å²) in [5, 5.41) is 14.7. The molecule has 0 bridgehead atoms. The standard InChI is InChI=1S/C75H50N2S/c1-75(2)69-33-17-14-30-60(69)61-40-37-50(44-70(61)75)76(49-38-41-72-67(43-49)58-29-13-11-27-56(58)62-31-15-18-34-71(62)77(72)47-20-4-3-5-21-47)48-36-39-59-55-26-9-8-24-53(55)51-22-6-7-23-52(51)54-25-10-12-28-57(54)66-46-74-68(45-65(66)64(59)42-48)63-32-16-19-35-73(63)78-74/h3-46H,1-2H3. The molecule has 1 aliphatic heterocycles. The molecule has 0 saturated carbocycles. The average Bonchev–Trinajstić information content (AvgIpc) is 4.15. The fourth-order valence-corrected chi connectivity index (χ4v) is 14.5. The SMILES string of the molecule is CC1(C)c2ccccc2-c2ccc(N(c3ccc4c(c3)-c3ccccc3-c3ccccc3N4c3ccccc3)c3ccc4c5ccccc5c5ccccc5c5ccccc5c5cc6sc7ccccc7c6cc5c4c3)cc21. The van der Waals surface area contributed by atoms with E-state index in [9.17, 15) is 0 Å². The van der Waals surface area contributed by atoms with Crippen molar-refractivity contribution >= 4 is 119 Å². The van der Waals surface area contributed by atoms with Gasteiger partial charge in [-0.2, -0.15) is 0 Å². The van der Waals surface area contributed by atoms with Gasteiger partial charge in [-0.3, -0.25) is 0 Å². The minimum atomic E-state index is -0.202. The predicted octanol–water partition coefficient (Wildman–Crippen LogP) is 21.8. The van der Waals surface area contributed by atoms with Crippen LogP contribution in [-0.4, -0.2) is 0 Å². The van der Waals surface area contributed by atoms with Gasteiger partial charge >= 0.3 is 0 Å². The second-order valence-electron chi connectivity index (χ2n) is 21.5. The van der Waals surface area contributed by atoms with Crippen molar-refractivity contribution in [2.75, 3.05) is 9.80 Å². The summed E-state index contributed by atoms with van der Waals surface area (Å²) in [5.74, 6) is 0. The molecule has 2 heterocycles. The van der Waals surface area contributed by atoms with E-state index in [0.717, 1.165) is 34.1 Å². The molecule has 0 radical (unpaired) electrons. The van der Waals surface area contributed by atoms with Gasteiger partial charge in [0.1, 0.15) is 0 Å².